The Morgan fingerprint density at radius 3 is 1.74 bits per heavy atom. The SMILES string of the molecule is COc1nc(-c2cccc(-c3cccc(-c4ccc(CNCCOC(N)=O)c(OC)n4)c3Cl)c2Cl)ccc1CCCCOC(N)=O. The van der Waals surface area contributed by atoms with Crippen molar-refractivity contribution in [3.05, 3.63) is 81.8 Å². The van der Waals surface area contributed by atoms with Crippen molar-refractivity contribution in [2.75, 3.05) is 34.0 Å². The zero-order valence-electron chi connectivity index (χ0n) is 25.5. The summed E-state index contributed by atoms with van der Waals surface area (Å²) in [5.41, 5.74) is 15.9. The standard InChI is InChI=1S/C33H35Cl2N5O6/c1-43-30-20(7-3-4-17-45-32(36)41)12-14-26(39-30)24-10-5-8-22(28(24)34)23-9-6-11-25(29(23)35)27-15-13-21(31(40-27)44-2)19-38-16-18-46-33(37)42/h5-6,8-15,38H,3-4,7,16-19H2,1-2H3,(H2,36,41)(H2,37,42). The van der Waals surface area contributed by atoms with Gasteiger partial charge in [0.15, 0.2) is 0 Å². The lowest BCUT2D eigenvalue weighted by Crippen LogP contribution is -2.23. The molecule has 0 atom stereocenters. The van der Waals surface area contributed by atoms with E-state index in [9.17, 15) is 9.59 Å². The van der Waals surface area contributed by atoms with Crippen LogP contribution in [0.3, 0.4) is 0 Å². The van der Waals surface area contributed by atoms with E-state index in [-0.39, 0.29) is 13.2 Å². The number of amides is 2. The number of hydrogen-bond acceptors (Lipinski definition) is 9. The highest BCUT2D eigenvalue weighted by atomic mass is 35.5. The van der Waals surface area contributed by atoms with Gasteiger partial charge in [0.05, 0.1) is 42.3 Å². The van der Waals surface area contributed by atoms with Crippen LogP contribution in [-0.4, -0.2) is 56.1 Å². The Morgan fingerprint density at radius 1 is 0.696 bits per heavy atom. The summed E-state index contributed by atoms with van der Waals surface area (Å²) >= 11 is 14.0. The Hall–Kier alpha value is -4.58. The minimum atomic E-state index is -0.817. The Morgan fingerprint density at radius 2 is 1.20 bits per heavy atom. The summed E-state index contributed by atoms with van der Waals surface area (Å²) in [5.74, 6) is 0.928. The second-order valence-electron chi connectivity index (χ2n) is 10.0. The zero-order valence-corrected chi connectivity index (χ0v) is 27.0. The molecular weight excluding hydrogens is 633 g/mol. The van der Waals surface area contributed by atoms with Gasteiger partial charge in [-0.25, -0.2) is 19.6 Å². The van der Waals surface area contributed by atoms with Crippen LogP contribution in [0.4, 0.5) is 9.59 Å². The number of halogens is 2. The van der Waals surface area contributed by atoms with Crippen LogP contribution in [0, 0.1) is 0 Å². The maximum absolute atomic E-state index is 10.8. The molecule has 13 heteroatoms. The molecule has 0 aliphatic heterocycles. The third kappa shape index (κ3) is 8.78. The molecule has 2 aromatic carbocycles. The van der Waals surface area contributed by atoms with E-state index in [0.29, 0.717) is 64.7 Å². The average Bonchev–Trinajstić information content (AvgIpc) is 3.04. The third-order valence-corrected chi connectivity index (χ3v) is 7.84. The predicted molar refractivity (Wildman–Crippen MR) is 177 cm³/mol. The second kappa shape index (κ2) is 16.6. The van der Waals surface area contributed by atoms with Crippen LogP contribution < -0.4 is 26.3 Å². The molecule has 0 saturated heterocycles. The van der Waals surface area contributed by atoms with E-state index in [4.69, 9.17) is 63.6 Å². The number of carbonyl (C=O) groups is 2. The maximum Gasteiger partial charge on any atom is 0.404 e. The fourth-order valence-electron chi connectivity index (χ4n) is 4.83. The summed E-state index contributed by atoms with van der Waals surface area (Å²) in [6.45, 7) is 1.28. The fourth-order valence-corrected chi connectivity index (χ4v) is 5.48. The minimum absolute atomic E-state index is 0.154. The van der Waals surface area contributed by atoms with Crippen molar-refractivity contribution in [1.82, 2.24) is 15.3 Å². The van der Waals surface area contributed by atoms with Crippen molar-refractivity contribution in [2.45, 2.75) is 25.8 Å². The molecule has 2 heterocycles. The quantitative estimate of drug-likeness (QED) is 0.122. The van der Waals surface area contributed by atoms with Crippen molar-refractivity contribution in [3.8, 4) is 45.4 Å². The second-order valence-corrected chi connectivity index (χ2v) is 10.8. The third-order valence-electron chi connectivity index (χ3n) is 7.03. The first-order chi connectivity index (χ1) is 22.2. The van der Waals surface area contributed by atoms with Crippen molar-refractivity contribution in [2.24, 2.45) is 11.5 Å². The van der Waals surface area contributed by atoms with Crippen molar-refractivity contribution >= 4 is 35.4 Å². The summed E-state index contributed by atoms with van der Waals surface area (Å²) in [6.07, 6.45) is 0.530. The van der Waals surface area contributed by atoms with Crippen molar-refractivity contribution in [1.29, 1.82) is 0 Å². The summed E-state index contributed by atoms with van der Waals surface area (Å²) in [6, 6.07) is 19.0. The lowest BCUT2D eigenvalue weighted by Gasteiger charge is -2.15. The first-order valence-electron chi connectivity index (χ1n) is 14.4. The molecule has 0 spiro atoms. The number of aryl methyl sites for hydroxylation is 1. The fraction of sp³-hybridized carbons (Fsp3) is 0.273. The van der Waals surface area contributed by atoms with Gasteiger partial charge >= 0.3 is 12.2 Å². The van der Waals surface area contributed by atoms with Gasteiger partial charge in [0.1, 0.15) is 6.61 Å². The molecule has 4 aromatic rings. The topological polar surface area (TPSA) is 161 Å². The summed E-state index contributed by atoms with van der Waals surface area (Å²) in [5, 5.41) is 4.12. The molecule has 4 rings (SSSR count). The number of hydrogen-bond donors (Lipinski definition) is 3. The largest absolute Gasteiger partial charge is 0.481 e. The van der Waals surface area contributed by atoms with Gasteiger partial charge in [0.2, 0.25) is 11.8 Å². The summed E-state index contributed by atoms with van der Waals surface area (Å²) < 4.78 is 20.7. The highest BCUT2D eigenvalue weighted by Gasteiger charge is 2.18. The minimum Gasteiger partial charge on any atom is -0.481 e. The van der Waals surface area contributed by atoms with Gasteiger partial charge in [-0.2, -0.15) is 0 Å². The van der Waals surface area contributed by atoms with Gasteiger partial charge in [-0.3, -0.25) is 0 Å². The highest BCUT2D eigenvalue weighted by molar-refractivity contribution is 6.39. The summed E-state index contributed by atoms with van der Waals surface area (Å²) in [7, 11) is 3.12. The van der Waals surface area contributed by atoms with E-state index in [1.807, 2.05) is 60.7 Å². The molecule has 0 aliphatic rings. The van der Waals surface area contributed by atoms with E-state index >= 15 is 0 Å². The van der Waals surface area contributed by atoms with Crippen molar-refractivity contribution in [3.63, 3.8) is 0 Å². The molecule has 0 unspecified atom stereocenters. The zero-order chi connectivity index (χ0) is 33.1. The monoisotopic (exact) mass is 667 g/mol. The molecule has 11 nitrogen and oxygen atoms in total. The van der Waals surface area contributed by atoms with E-state index in [2.05, 4.69) is 5.32 Å². The lowest BCUT2D eigenvalue weighted by atomic mass is 9.98. The molecule has 2 aromatic heterocycles. The first kappa shape index (κ1) is 34.3. The molecule has 242 valence electrons. The van der Waals surface area contributed by atoms with Gasteiger partial charge in [-0.05, 0) is 31.4 Å². The molecule has 0 fully saturated rings. The van der Waals surface area contributed by atoms with Crippen LogP contribution >= 0.6 is 23.2 Å². The van der Waals surface area contributed by atoms with Crippen LogP contribution in [0.25, 0.3) is 33.6 Å². The number of rotatable bonds is 15. The number of primary amides is 2. The lowest BCUT2D eigenvalue weighted by molar-refractivity contribution is 0.154. The Balaban J connectivity index is 1.57. The number of ether oxygens (including phenoxy) is 4. The first-order valence-corrected chi connectivity index (χ1v) is 15.2. The van der Waals surface area contributed by atoms with Crippen LogP contribution in [0.1, 0.15) is 24.0 Å². The Labute approximate surface area is 277 Å². The number of pyridine rings is 2. The number of unbranched alkanes of at least 4 members (excludes halogenated alkanes) is 1. The number of carbonyl (C=O) groups excluding carboxylic acids is 2. The predicted octanol–water partition coefficient (Wildman–Crippen LogP) is 6.40. The number of nitrogens with two attached hydrogens (primary N) is 2. The van der Waals surface area contributed by atoms with E-state index in [1.165, 1.54) is 0 Å². The van der Waals surface area contributed by atoms with Crippen LogP contribution in [-0.2, 0) is 22.4 Å². The molecule has 0 aliphatic carbocycles. The number of nitrogens with zero attached hydrogens (tertiary/aromatic N) is 2. The van der Waals surface area contributed by atoms with Gasteiger partial charge in [-0.15, -0.1) is 0 Å². The smallest absolute Gasteiger partial charge is 0.404 e. The van der Waals surface area contributed by atoms with Gasteiger partial charge in [0.25, 0.3) is 0 Å². The van der Waals surface area contributed by atoms with Gasteiger partial charge < -0.3 is 35.7 Å². The molecule has 5 N–H and O–H groups in total. The maximum atomic E-state index is 10.8. The normalized spacial score (nSPS) is 10.8. The molecule has 0 saturated carbocycles. The molecular formula is C33H35Cl2N5O6. The van der Waals surface area contributed by atoms with E-state index < -0.39 is 12.2 Å². The Bertz CT molecular complexity index is 1560. The Kier molecular flexibility index (Phi) is 12.4. The van der Waals surface area contributed by atoms with Gasteiger partial charge in [0, 0.05) is 46.5 Å². The van der Waals surface area contributed by atoms with Crippen LogP contribution in [0.2, 0.25) is 10.0 Å². The number of nitrogens with one attached hydrogen (secondary N) is 1. The van der Waals surface area contributed by atoms with Crippen LogP contribution in [0.5, 0.6) is 11.8 Å². The average molecular weight is 669 g/mol. The van der Waals surface area contributed by atoms with Crippen molar-refractivity contribution < 1.29 is 28.5 Å². The van der Waals surface area contributed by atoms with Crippen LogP contribution in [0.15, 0.2) is 60.7 Å². The molecule has 2 amide bonds. The number of aromatic nitrogens is 2. The summed E-state index contributed by atoms with van der Waals surface area (Å²) in [4.78, 5) is 31.0. The van der Waals surface area contributed by atoms with E-state index in [1.54, 1.807) is 14.2 Å². The molecule has 0 radical (unpaired) electrons. The number of methoxy groups -OCH3 is 2. The molecule has 46 heavy (non-hydrogen) atoms. The number of benzene rings is 2. The van der Waals surface area contributed by atoms with Gasteiger partial charge in [-0.1, -0.05) is 71.7 Å². The van der Waals surface area contributed by atoms with E-state index in [0.717, 1.165) is 34.2 Å². The molecule has 0 bridgehead atoms. The highest BCUT2D eigenvalue weighted by Crippen LogP contribution is 2.42.